The Morgan fingerprint density at radius 3 is 1.47 bits per heavy atom. The molecular formula is C33H20N2O8. The molecule has 0 N–H and O–H groups in total. The van der Waals surface area contributed by atoms with Gasteiger partial charge in [-0.15, -0.1) is 0 Å². The Morgan fingerprint density at radius 2 is 1.05 bits per heavy atom. The van der Waals surface area contributed by atoms with Crippen LogP contribution in [0.25, 0.3) is 21.5 Å². The van der Waals surface area contributed by atoms with E-state index in [0.29, 0.717) is 31.7 Å². The van der Waals surface area contributed by atoms with Crippen molar-refractivity contribution in [3.63, 3.8) is 0 Å². The number of carbonyl (C=O) groups is 6. The molecule has 3 aliphatic rings. The van der Waals surface area contributed by atoms with Crippen LogP contribution in [0.1, 0.15) is 48.4 Å². The van der Waals surface area contributed by atoms with Crippen LogP contribution >= 0.6 is 0 Å². The summed E-state index contributed by atoms with van der Waals surface area (Å²) in [6.07, 6.45) is 4.11. The molecule has 0 saturated heterocycles. The molecule has 4 amide bonds. The van der Waals surface area contributed by atoms with Crippen LogP contribution in [-0.4, -0.2) is 45.7 Å². The molecule has 10 nitrogen and oxygen atoms in total. The zero-order valence-corrected chi connectivity index (χ0v) is 22.5. The molecular weight excluding hydrogens is 552 g/mol. The van der Waals surface area contributed by atoms with Gasteiger partial charge in [-0.25, -0.2) is 9.59 Å². The summed E-state index contributed by atoms with van der Waals surface area (Å²) >= 11 is 0. The van der Waals surface area contributed by atoms with Crippen LogP contribution in [0.15, 0.2) is 96.6 Å². The Balaban J connectivity index is 1.07. The maximum atomic E-state index is 13.1. The fraction of sp³-hybridized carbons (Fsp3) is 0.0909. The largest absolute Gasteiger partial charge is 0.363 e. The number of benzene rings is 4. The van der Waals surface area contributed by atoms with E-state index in [2.05, 4.69) is 0 Å². The number of imide groups is 2. The summed E-state index contributed by atoms with van der Waals surface area (Å²) in [6, 6.07) is 20.0. The predicted octanol–water partition coefficient (Wildman–Crippen LogP) is 4.55. The molecule has 4 aromatic rings. The molecule has 0 aromatic heterocycles. The molecule has 10 heteroatoms. The highest BCUT2D eigenvalue weighted by Gasteiger charge is 2.40. The zero-order chi connectivity index (χ0) is 30.0. The van der Waals surface area contributed by atoms with Gasteiger partial charge in [0.1, 0.15) is 0 Å². The van der Waals surface area contributed by atoms with Gasteiger partial charge < -0.3 is 9.68 Å². The Hall–Kier alpha value is -5.90. The van der Waals surface area contributed by atoms with E-state index in [-0.39, 0.29) is 27.8 Å². The van der Waals surface area contributed by atoms with Gasteiger partial charge in [-0.1, -0.05) is 83.8 Å². The molecule has 7 rings (SSSR count). The molecule has 0 bridgehead atoms. The monoisotopic (exact) mass is 572 g/mol. The van der Waals surface area contributed by atoms with Crippen molar-refractivity contribution in [2.75, 3.05) is 0 Å². The van der Waals surface area contributed by atoms with Crippen LogP contribution in [0.3, 0.4) is 0 Å². The summed E-state index contributed by atoms with van der Waals surface area (Å²) in [5.74, 6) is -6.51. The number of hydrogen-bond donors (Lipinski definition) is 0. The molecule has 1 aliphatic carbocycles. The SMILES string of the molecule is CC1C=C(C(=O)ON2C(=O)c3cccc4cccc(c34)C2=O)C=CC1C(=O)ON1C(=O)c2cccc3cccc(c23)C1=O. The molecule has 4 aromatic carbocycles. The maximum Gasteiger partial charge on any atom is 0.363 e. The Labute approximate surface area is 243 Å². The minimum Gasteiger partial charge on any atom is -0.329 e. The summed E-state index contributed by atoms with van der Waals surface area (Å²) in [4.78, 5) is 89.2. The number of nitrogens with zero attached hydrogens (tertiary/aromatic N) is 2. The second-order valence-electron chi connectivity index (χ2n) is 10.4. The lowest BCUT2D eigenvalue weighted by molar-refractivity contribution is -0.174. The molecule has 0 saturated carbocycles. The van der Waals surface area contributed by atoms with E-state index < -0.39 is 47.4 Å². The van der Waals surface area contributed by atoms with Crippen molar-refractivity contribution in [3.8, 4) is 0 Å². The van der Waals surface area contributed by atoms with Crippen molar-refractivity contribution in [2.24, 2.45) is 11.8 Å². The van der Waals surface area contributed by atoms with Crippen LogP contribution < -0.4 is 0 Å². The molecule has 2 atom stereocenters. The number of allylic oxidation sites excluding steroid dienone is 1. The average Bonchev–Trinajstić information content (AvgIpc) is 3.02. The number of rotatable bonds is 4. The standard InChI is InChI=1S/C33H20N2O8/c1-17-16-20(32(40)42-34-28(36)22-10-2-6-18-7-3-11-23(26(18)22)29(34)37)14-15-21(17)33(41)43-35-30(38)24-12-4-8-19-9-5-13-25(27(19)24)31(35)39/h2-17,21H,1H3. The van der Waals surface area contributed by atoms with Crippen LogP contribution in [0, 0.1) is 11.8 Å². The summed E-state index contributed by atoms with van der Waals surface area (Å²) in [5, 5.41) is 3.30. The number of carbonyl (C=O) groups excluding carboxylic acids is 6. The first kappa shape index (κ1) is 26.0. The van der Waals surface area contributed by atoms with E-state index >= 15 is 0 Å². The predicted molar refractivity (Wildman–Crippen MR) is 151 cm³/mol. The summed E-state index contributed by atoms with van der Waals surface area (Å²) in [5.41, 5.74) is 0.924. The molecule has 0 spiro atoms. The first-order valence-corrected chi connectivity index (χ1v) is 13.4. The third kappa shape index (κ3) is 3.95. The Kier molecular flexibility index (Phi) is 5.80. The second kappa shape index (κ2) is 9.59. The van der Waals surface area contributed by atoms with Crippen molar-refractivity contribution in [2.45, 2.75) is 6.92 Å². The van der Waals surface area contributed by atoms with Crippen LogP contribution in [0.2, 0.25) is 0 Å². The van der Waals surface area contributed by atoms with Crippen LogP contribution in [0.4, 0.5) is 0 Å². The van der Waals surface area contributed by atoms with Crippen LogP contribution in [-0.2, 0) is 19.3 Å². The number of hydrogen-bond acceptors (Lipinski definition) is 8. The number of amides is 4. The van der Waals surface area contributed by atoms with E-state index in [1.807, 2.05) is 0 Å². The first-order chi connectivity index (χ1) is 20.7. The van der Waals surface area contributed by atoms with Gasteiger partial charge in [0.15, 0.2) is 0 Å². The van der Waals surface area contributed by atoms with Gasteiger partial charge in [-0.3, -0.25) is 19.2 Å². The van der Waals surface area contributed by atoms with Gasteiger partial charge in [0, 0.05) is 10.8 Å². The van der Waals surface area contributed by atoms with Gasteiger partial charge in [0.25, 0.3) is 23.6 Å². The van der Waals surface area contributed by atoms with Gasteiger partial charge in [-0.05, 0) is 41.0 Å². The molecule has 43 heavy (non-hydrogen) atoms. The summed E-state index contributed by atoms with van der Waals surface area (Å²) in [6.45, 7) is 1.63. The molecule has 2 unspecified atom stereocenters. The lowest BCUT2D eigenvalue weighted by atomic mass is 9.87. The normalized spacial score (nSPS) is 19.1. The van der Waals surface area contributed by atoms with Crippen molar-refractivity contribution in [1.82, 2.24) is 10.1 Å². The smallest absolute Gasteiger partial charge is 0.329 e. The third-order valence-electron chi connectivity index (χ3n) is 7.82. The highest BCUT2D eigenvalue weighted by Crippen LogP contribution is 2.33. The minimum absolute atomic E-state index is 0.0000485. The van der Waals surface area contributed by atoms with Gasteiger partial charge in [0.05, 0.1) is 33.7 Å². The molecule has 2 aliphatic heterocycles. The van der Waals surface area contributed by atoms with E-state index in [1.165, 1.54) is 18.2 Å². The fourth-order valence-corrected chi connectivity index (χ4v) is 5.72. The lowest BCUT2D eigenvalue weighted by Gasteiger charge is -2.28. The summed E-state index contributed by atoms with van der Waals surface area (Å²) in [7, 11) is 0. The summed E-state index contributed by atoms with van der Waals surface area (Å²) < 4.78 is 0. The highest BCUT2D eigenvalue weighted by atomic mass is 16.7. The van der Waals surface area contributed by atoms with Crippen molar-refractivity contribution >= 4 is 57.1 Å². The maximum absolute atomic E-state index is 13.1. The van der Waals surface area contributed by atoms with Crippen molar-refractivity contribution in [3.05, 3.63) is 119 Å². The Morgan fingerprint density at radius 1 is 0.628 bits per heavy atom. The van der Waals surface area contributed by atoms with Gasteiger partial charge in [-0.2, -0.15) is 0 Å². The highest BCUT2D eigenvalue weighted by molar-refractivity contribution is 6.26. The zero-order valence-electron chi connectivity index (χ0n) is 22.5. The van der Waals surface area contributed by atoms with Crippen molar-refractivity contribution < 1.29 is 38.4 Å². The molecule has 210 valence electrons. The van der Waals surface area contributed by atoms with E-state index in [9.17, 15) is 28.8 Å². The average molecular weight is 573 g/mol. The minimum atomic E-state index is -0.978. The van der Waals surface area contributed by atoms with E-state index in [0.717, 1.165) is 0 Å². The van der Waals surface area contributed by atoms with E-state index in [4.69, 9.17) is 9.68 Å². The van der Waals surface area contributed by atoms with Gasteiger partial charge >= 0.3 is 11.9 Å². The Bertz CT molecular complexity index is 1940. The van der Waals surface area contributed by atoms with E-state index in [1.54, 1.807) is 79.7 Å². The molecule has 0 fully saturated rings. The third-order valence-corrected chi connectivity index (χ3v) is 7.82. The van der Waals surface area contributed by atoms with Crippen LogP contribution in [0.5, 0.6) is 0 Å². The topological polar surface area (TPSA) is 127 Å². The van der Waals surface area contributed by atoms with Gasteiger partial charge in [0.2, 0.25) is 0 Å². The fourth-order valence-electron chi connectivity index (χ4n) is 5.72. The first-order valence-electron chi connectivity index (χ1n) is 13.4. The quantitative estimate of drug-likeness (QED) is 0.326. The lowest BCUT2D eigenvalue weighted by Crippen LogP contribution is -2.43. The molecule has 0 radical (unpaired) electrons. The van der Waals surface area contributed by atoms with Crippen molar-refractivity contribution in [1.29, 1.82) is 0 Å². The molecule has 2 heterocycles. The number of hydroxylamine groups is 4. The second-order valence-corrected chi connectivity index (χ2v) is 10.4.